The molecule has 2 N–H and O–H groups in total. The van der Waals surface area contributed by atoms with Crippen LogP contribution < -0.4 is 10.6 Å². The Kier molecular flexibility index (Phi) is 5.07. The number of aromatic nitrogens is 1. The Bertz CT molecular complexity index is 932. The molecule has 2 aromatic carbocycles. The van der Waals surface area contributed by atoms with Gasteiger partial charge in [-0.15, -0.1) is 0 Å². The highest BCUT2D eigenvalue weighted by Gasteiger charge is 2.11. The molecule has 3 rings (SSSR count). The first kappa shape index (κ1) is 17.7. The molecule has 1 aromatic heterocycles. The summed E-state index contributed by atoms with van der Waals surface area (Å²) in [6.07, 6.45) is 0. The summed E-state index contributed by atoms with van der Waals surface area (Å²) in [6, 6.07) is 16.4. The number of para-hydroxylation sites is 1. The summed E-state index contributed by atoms with van der Waals surface area (Å²) >= 11 is 0. The summed E-state index contributed by atoms with van der Waals surface area (Å²) in [7, 11) is 0. The first-order valence-electron chi connectivity index (χ1n) is 8.50. The number of urea groups is 1. The second-order valence-electron chi connectivity index (χ2n) is 6.34. The van der Waals surface area contributed by atoms with Gasteiger partial charge in [0.25, 0.3) is 0 Å². The zero-order valence-electron chi connectivity index (χ0n) is 15.1. The monoisotopic (exact) mass is 351 g/mol. The standard InChI is InChI=1S/C21H22FN3O/c1-14-9-10-18(12-20(14)22)24-21(26)23-13-17-11-15(2)25(16(17)3)19-7-5-4-6-8-19/h4-12H,13H2,1-3H3,(H2,23,24,26). The van der Waals surface area contributed by atoms with E-state index in [1.54, 1.807) is 19.1 Å². The molecule has 134 valence electrons. The predicted molar refractivity (Wildman–Crippen MR) is 102 cm³/mol. The molecule has 3 aromatic rings. The Hall–Kier alpha value is -3.08. The van der Waals surface area contributed by atoms with Crippen molar-refractivity contribution in [3.8, 4) is 5.69 Å². The second kappa shape index (κ2) is 7.44. The van der Waals surface area contributed by atoms with Gasteiger partial charge in [0.1, 0.15) is 5.82 Å². The number of rotatable bonds is 4. The van der Waals surface area contributed by atoms with Crippen LogP contribution in [0.2, 0.25) is 0 Å². The van der Waals surface area contributed by atoms with Crippen molar-refractivity contribution in [3.05, 3.63) is 82.9 Å². The van der Waals surface area contributed by atoms with Gasteiger partial charge in [0, 0.05) is 29.3 Å². The molecule has 0 aliphatic carbocycles. The number of benzene rings is 2. The Labute approximate surface area is 152 Å². The van der Waals surface area contributed by atoms with Crippen molar-refractivity contribution in [2.24, 2.45) is 0 Å². The minimum Gasteiger partial charge on any atom is -0.334 e. The minimum atomic E-state index is -0.363. The number of amides is 2. The number of anilines is 1. The van der Waals surface area contributed by atoms with E-state index in [2.05, 4.69) is 33.4 Å². The van der Waals surface area contributed by atoms with Gasteiger partial charge in [-0.05, 0) is 62.2 Å². The molecule has 0 radical (unpaired) electrons. The van der Waals surface area contributed by atoms with Crippen LogP contribution in [-0.4, -0.2) is 10.6 Å². The SMILES string of the molecule is Cc1ccc(NC(=O)NCc2cc(C)n(-c3ccccc3)c2C)cc1F. The fourth-order valence-corrected chi connectivity index (χ4v) is 3.00. The highest BCUT2D eigenvalue weighted by molar-refractivity contribution is 5.89. The van der Waals surface area contributed by atoms with Crippen LogP contribution in [-0.2, 0) is 6.54 Å². The molecule has 1 heterocycles. The van der Waals surface area contributed by atoms with E-state index in [1.807, 2.05) is 32.0 Å². The minimum absolute atomic E-state index is 0.339. The fraction of sp³-hybridized carbons (Fsp3) is 0.190. The molecular formula is C21H22FN3O. The molecule has 0 bridgehead atoms. The van der Waals surface area contributed by atoms with E-state index in [1.165, 1.54) is 6.07 Å². The van der Waals surface area contributed by atoms with Gasteiger partial charge in [0.05, 0.1) is 0 Å². The average molecular weight is 351 g/mol. The largest absolute Gasteiger partial charge is 0.334 e. The number of carbonyl (C=O) groups excluding carboxylic acids is 1. The topological polar surface area (TPSA) is 46.1 Å². The van der Waals surface area contributed by atoms with Crippen molar-refractivity contribution in [2.75, 3.05) is 5.32 Å². The molecule has 4 nitrogen and oxygen atoms in total. The van der Waals surface area contributed by atoms with Crippen LogP contribution in [0.5, 0.6) is 0 Å². The highest BCUT2D eigenvalue weighted by Crippen LogP contribution is 2.20. The van der Waals surface area contributed by atoms with E-state index in [4.69, 9.17) is 0 Å². The van der Waals surface area contributed by atoms with Crippen LogP contribution in [0.15, 0.2) is 54.6 Å². The lowest BCUT2D eigenvalue weighted by molar-refractivity contribution is 0.251. The maximum Gasteiger partial charge on any atom is 0.319 e. The van der Waals surface area contributed by atoms with Gasteiger partial charge in [-0.1, -0.05) is 24.3 Å². The lowest BCUT2D eigenvalue weighted by Crippen LogP contribution is -2.28. The Morgan fingerprint density at radius 3 is 2.46 bits per heavy atom. The Morgan fingerprint density at radius 1 is 1.04 bits per heavy atom. The number of nitrogens with one attached hydrogen (secondary N) is 2. The van der Waals surface area contributed by atoms with Gasteiger partial charge in [0.15, 0.2) is 0 Å². The summed E-state index contributed by atoms with van der Waals surface area (Å²) in [4.78, 5) is 12.1. The maximum absolute atomic E-state index is 13.6. The smallest absolute Gasteiger partial charge is 0.319 e. The lowest BCUT2D eigenvalue weighted by Gasteiger charge is -2.11. The van der Waals surface area contributed by atoms with Crippen molar-refractivity contribution in [1.82, 2.24) is 9.88 Å². The van der Waals surface area contributed by atoms with Crippen molar-refractivity contribution >= 4 is 11.7 Å². The van der Waals surface area contributed by atoms with Gasteiger partial charge < -0.3 is 15.2 Å². The van der Waals surface area contributed by atoms with Crippen LogP contribution in [0.25, 0.3) is 5.69 Å². The highest BCUT2D eigenvalue weighted by atomic mass is 19.1. The molecule has 26 heavy (non-hydrogen) atoms. The second-order valence-corrected chi connectivity index (χ2v) is 6.34. The molecule has 0 saturated heterocycles. The van der Waals surface area contributed by atoms with Crippen LogP contribution in [0.3, 0.4) is 0 Å². The molecule has 0 spiro atoms. The quantitative estimate of drug-likeness (QED) is 0.692. The summed E-state index contributed by atoms with van der Waals surface area (Å²) in [6.45, 7) is 6.15. The molecule has 0 fully saturated rings. The maximum atomic E-state index is 13.6. The number of hydrogen-bond donors (Lipinski definition) is 2. The Balaban J connectivity index is 1.68. The van der Waals surface area contributed by atoms with Gasteiger partial charge in [-0.25, -0.2) is 9.18 Å². The van der Waals surface area contributed by atoms with Gasteiger partial charge in [-0.3, -0.25) is 0 Å². The lowest BCUT2D eigenvalue weighted by atomic mass is 10.2. The first-order chi connectivity index (χ1) is 12.5. The molecule has 0 atom stereocenters. The van der Waals surface area contributed by atoms with Crippen LogP contribution in [0.4, 0.5) is 14.9 Å². The summed E-state index contributed by atoms with van der Waals surface area (Å²) in [5.41, 5.74) is 5.29. The van der Waals surface area contributed by atoms with Crippen LogP contribution in [0, 0.1) is 26.6 Å². The first-order valence-corrected chi connectivity index (χ1v) is 8.50. The number of hydrogen-bond acceptors (Lipinski definition) is 1. The fourth-order valence-electron chi connectivity index (χ4n) is 3.00. The van der Waals surface area contributed by atoms with Crippen molar-refractivity contribution in [2.45, 2.75) is 27.3 Å². The molecule has 0 saturated carbocycles. The molecule has 0 unspecified atom stereocenters. The summed E-state index contributed by atoms with van der Waals surface area (Å²) < 4.78 is 15.7. The number of carbonyl (C=O) groups is 1. The van der Waals surface area contributed by atoms with E-state index in [0.29, 0.717) is 17.8 Å². The molecule has 0 aliphatic rings. The van der Waals surface area contributed by atoms with Crippen LogP contribution in [0.1, 0.15) is 22.5 Å². The van der Waals surface area contributed by atoms with Crippen LogP contribution >= 0.6 is 0 Å². The average Bonchev–Trinajstić information content (AvgIpc) is 2.91. The zero-order valence-corrected chi connectivity index (χ0v) is 15.1. The molecule has 2 amide bonds. The van der Waals surface area contributed by atoms with Gasteiger partial charge >= 0.3 is 6.03 Å². The summed E-state index contributed by atoms with van der Waals surface area (Å²) in [5, 5.41) is 5.48. The van der Waals surface area contributed by atoms with Crippen molar-refractivity contribution in [3.63, 3.8) is 0 Å². The number of aryl methyl sites for hydroxylation is 2. The van der Waals surface area contributed by atoms with E-state index < -0.39 is 0 Å². The normalized spacial score (nSPS) is 10.6. The third-order valence-electron chi connectivity index (χ3n) is 4.42. The predicted octanol–water partition coefficient (Wildman–Crippen LogP) is 4.86. The third-order valence-corrected chi connectivity index (χ3v) is 4.42. The Morgan fingerprint density at radius 2 is 1.77 bits per heavy atom. The van der Waals surface area contributed by atoms with Gasteiger partial charge in [0.2, 0.25) is 0 Å². The summed E-state index contributed by atoms with van der Waals surface area (Å²) in [5.74, 6) is -0.339. The molecule has 0 aliphatic heterocycles. The third kappa shape index (κ3) is 3.77. The number of halogens is 1. The van der Waals surface area contributed by atoms with E-state index in [0.717, 1.165) is 22.6 Å². The molecule has 5 heteroatoms. The van der Waals surface area contributed by atoms with Gasteiger partial charge in [-0.2, -0.15) is 0 Å². The zero-order chi connectivity index (χ0) is 18.7. The van der Waals surface area contributed by atoms with E-state index >= 15 is 0 Å². The van der Waals surface area contributed by atoms with E-state index in [-0.39, 0.29) is 11.8 Å². The molecular weight excluding hydrogens is 329 g/mol. The number of nitrogens with zero attached hydrogens (tertiary/aromatic N) is 1. The van der Waals surface area contributed by atoms with Crippen molar-refractivity contribution in [1.29, 1.82) is 0 Å². The van der Waals surface area contributed by atoms with E-state index in [9.17, 15) is 9.18 Å². The van der Waals surface area contributed by atoms with Crippen molar-refractivity contribution < 1.29 is 9.18 Å².